The van der Waals surface area contributed by atoms with Gasteiger partial charge in [-0.2, -0.15) is 5.10 Å². The van der Waals surface area contributed by atoms with Crippen molar-refractivity contribution in [2.24, 2.45) is 0 Å². The molecule has 180 valence electrons. The number of nitrogens with two attached hydrogens (primary N) is 1. The highest BCUT2D eigenvalue weighted by molar-refractivity contribution is 6.00. The van der Waals surface area contributed by atoms with Crippen LogP contribution in [0.2, 0.25) is 0 Å². The van der Waals surface area contributed by atoms with Crippen LogP contribution in [0, 0.1) is 0 Å². The molecule has 1 saturated heterocycles. The molecule has 4 aromatic rings. The molecule has 4 N–H and O–H groups in total. The van der Waals surface area contributed by atoms with Gasteiger partial charge in [-0.25, -0.2) is 4.98 Å². The zero-order valence-electron chi connectivity index (χ0n) is 19.3. The van der Waals surface area contributed by atoms with Crippen LogP contribution in [0.1, 0.15) is 12.5 Å². The summed E-state index contributed by atoms with van der Waals surface area (Å²) < 4.78 is 7.87. The van der Waals surface area contributed by atoms with Gasteiger partial charge in [-0.05, 0) is 42.5 Å². The number of nitrogens with zero attached hydrogens (tertiary/aromatic N) is 4. The van der Waals surface area contributed by atoms with E-state index < -0.39 is 0 Å². The number of rotatable bonds is 9. The Morgan fingerprint density at radius 1 is 1.06 bits per heavy atom. The molecule has 1 aliphatic rings. The van der Waals surface area contributed by atoms with Gasteiger partial charge in [0.05, 0.1) is 23.6 Å². The number of benzene rings is 2. The lowest BCUT2D eigenvalue weighted by atomic mass is 10.1. The van der Waals surface area contributed by atoms with E-state index in [1.807, 2.05) is 70.2 Å². The van der Waals surface area contributed by atoms with Gasteiger partial charge in [0, 0.05) is 44.4 Å². The molecule has 0 bridgehead atoms. The maximum atomic E-state index is 12.4. The van der Waals surface area contributed by atoms with Gasteiger partial charge in [-0.3, -0.25) is 9.48 Å². The van der Waals surface area contributed by atoms with Crippen LogP contribution in [0.25, 0.3) is 22.2 Å². The van der Waals surface area contributed by atoms with Crippen LogP contribution in [0.4, 0.5) is 5.82 Å². The lowest BCUT2D eigenvalue weighted by Gasteiger charge is -2.39. The molecule has 5 rings (SSSR count). The van der Waals surface area contributed by atoms with Gasteiger partial charge in [0.2, 0.25) is 5.91 Å². The van der Waals surface area contributed by atoms with Crippen molar-refractivity contribution in [3.63, 3.8) is 0 Å². The van der Waals surface area contributed by atoms with Gasteiger partial charge in [-0.15, -0.1) is 0 Å². The van der Waals surface area contributed by atoms with Crippen LogP contribution in [0.15, 0.2) is 66.9 Å². The zero-order chi connectivity index (χ0) is 24.2. The summed E-state index contributed by atoms with van der Waals surface area (Å²) in [5.41, 5.74) is 8.85. The van der Waals surface area contributed by atoms with Gasteiger partial charge in [0.15, 0.2) is 0 Å². The second-order valence-electron chi connectivity index (χ2n) is 8.50. The molecule has 1 amide bonds. The molecular formula is C26H28N6O3. The van der Waals surface area contributed by atoms with E-state index in [1.54, 1.807) is 6.20 Å². The number of hydrogen-bond acceptors (Lipinski definition) is 7. The Hall–Kier alpha value is -3.95. The molecule has 0 radical (unpaired) electrons. The van der Waals surface area contributed by atoms with Crippen molar-refractivity contribution in [3.05, 3.63) is 66.9 Å². The minimum Gasteiger partial charge on any atom is -0.457 e. The lowest BCUT2D eigenvalue weighted by Crippen LogP contribution is -2.51. The summed E-state index contributed by atoms with van der Waals surface area (Å²) in [5.74, 6) is 2.03. The van der Waals surface area contributed by atoms with Crippen molar-refractivity contribution in [2.45, 2.75) is 12.5 Å². The van der Waals surface area contributed by atoms with Crippen molar-refractivity contribution in [1.29, 1.82) is 0 Å². The maximum absolute atomic E-state index is 12.4. The number of carbonyl (C=O) groups excluding carboxylic acids is 1. The number of ether oxygens (including phenoxy) is 1. The Labute approximate surface area is 203 Å². The first kappa shape index (κ1) is 22.8. The van der Waals surface area contributed by atoms with Crippen molar-refractivity contribution in [3.8, 4) is 22.8 Å². The van der Waals surface area contributed by atoms with Gasteiger partial charge in [-0.1, -0.05) is 18.2 Å². The maximum Gasteiger partial charge on any atom is 0.223 e. The SMILES string of the molecule is Nc1nccc2c1c(-c1ccc(Oc3ccccc3)cc1)nn2C1CN(C(=O)CCNCCO)C1. The van der Waals surface area contributed by atoms with Gasteiger partial charge in [0.1, 0.15) is 23.0 Å². The molecule has 1 fully saturated rings. The van der Waals surface area contributed by atoms with E-state index in [0.717, 1.165) is 33.7 Å². The van der Waals surface area contributed by atoms with Crippen molar-refractivity contribution in [1.82, 2.24) is 25.0 Å². The van der Waals surface area contributed by atoms with Crippen molar-refractivity contribution < 1.29 is 14.6 Å². The van der Waals surface area contributed by atoms with E-state index >= 15 is 0 Å². The first-order valence-electron chi connectivity index (χ1n) is 11.7. The highest BCUT2D eigenvalue weighted by Crippen LogP contribution is 2.35. The summed E-state index contributed by atoms with van der Waals surface area (Å²) in [6.07, 6.45) is 2.09. The summed E-state index contributed by atoms with van der Waals surface area (Å²) in [6, 6.07) is 19.4. The Morgan fingerprint density at radius 2 is 1.80 bits per heavy atom. The summed E-state index contributed by atoms with van der Waals surface area (Å²) >= 11 is 0. The zero-order valence-corrected chi connectivity index (χ0v) is 19.3. The first-order chi connectivity index (χ1) is 17.1. The standard InChI is InChI=1S/C26H28N6O3/c27-26-24-22(10-13-29-26)32(19-16-31(17-19)23(34)11-12-28-14-15-33)30-25(24)18-6-8-21(9-7-18)35-20-4-2-1-3-5-20/h1-10,13,19,28,33H,11-12,14-17H2,(H2,27,29). The molecule has 0 aliphatic carbocycles. The quantitative estimate of drug-likeness (QED) is 0.321. The molecule has 1 aliphatic heterocycles. The number of aliphatic hydroxyl groups is 1. The largest absolute Gasteiger partial charge is 0.457 e. The Balaban J connectivity index is 1.34. The first-order valence-corrected chi connectivity index (χ1v) is 11.7. The summed E-state index contributed by atoms with van der Waals surface area (Å²) in [5, 5.41) is 17.6. The number of anilines is 1. The fourth-order valence-electron chi connectivity index (χ4n) is 4.27. The van der Waals surface area contributed by atoms with E-state index in [0.29, 0.717) is 38.4 Å². The number of carbonyl (C=O) groups is 1. The number of aliphatic hydroxyl groups excluding tert-OH is 1. The highest BCUT2D eigenvalue weighted by atomic mass is 16.5. The van der Waals surface area contributed by atoms with Crippen LogP contribution in [-0.2, 0) is 4.79 Å². The van der Waals surface area contributed by atoms with Crippen LogP contribution in [0.3, 0.4) is 0 Å². The van der Waals surface area contributed by atoms with Crippen LogP contribution < -0.4 is 15.8 Å². The highest BCUT2D eigenvalue weighted by Gasteiger charge is 2.34. The van der Waals surface area contributed by atoms with E-state index in [-0.39, 0.29) is 18.6 Å². The summed E-state index contributed by atoms with van der Waals surface area (Å²) in [4.78, 5) is 18.5. The molecule has 0 atom stereocenters. The molecule has 3 heterocycles. The number of fused-ring (bicyclic) bond motifs is 1. The van der Waals surface area contributed by atoms with Gasteiger partial charge in [0.25, 0.3) is 0 Å². The number of amides is 1. The monoisotopic (exact) mass is 472 g/mol. The molecule has 0 saturated carbocycles. The third kappa shape index (κ3) is 4.82. The molecule has 2 aromatic carbocycles. The second-order valence-corrected chi connectivity index (χ2v) is 8.50. The van der Waals surface area contributed by atoms with E-state index in [9.17, 15) is 4.79 Å². The van der Waals surface area contributed by atoms with E-state index in [1.165, 1.54) is 0 Å². The molecule has 0 spiro atoms. The number of likely N-dealkylation sites (tertiary alicyclic amines) is 1. The average molecular weight is 473 g/mol. The predicted molar refractivity (Wildman–Crippen MR) is 134 cm³/mol. The number of pyridine rings is 1. The van der Waals surface area contributed by atoms with Crippen molar-refractivity contribution in [2.75, 3.05) is 38.5 Å². The number of hydrogen-bond donors (Lipinski definition) is 3. The number of aromatic nitrogens is 3. The number of para-hydroxylation sites is 1. The van der Waals surface area contributed by atoms with Crippen molar-refractivity contribution >= 4 is 22.6 Å². The minimum absolute atomic E-state index is 0.0649. The number of nitrogens with one attached hydrogen (secondary N) is 1. The van der Waals surface area contributed by atoms with Gasteiger partial charge >= 0.3 is 0 Å². The smallest absolute Gasteiger partial charge is 0.223 e. The molecule has 35 heavy (non-hydrogen) atoms. The fraction of sp³-hybridized carbons (Fsp3) is 0.269. The Kier molecular flexibility index (Phi) is 6.60. The molecule has 9 heteroatoms. The summed E-state index contributed by atoms with van der Waals surface area (Å²) in [7, 11) is 0. The Morgan fingerprint density at radius 3 is 2.54 bits per heavy atom. The number of nitrogen functional groups attached to an aromatic ring is 1. The summed E-state index contributed by atoms with van der Waals surface area (Å²) in [6.45, 7) is 2.31. The van der Waals surface area contributed by atoms with Crippen LogP contribution >= 0.6 is 0 Å². The average Bonchev–Trinajstić information content (AvgIpc) is 3.23. The lowest BCUT2D eigenvalue weighted by molar-refractivity contribution is -0.136. The second kappa shape index (κ2) is 10.1. The van der Waals surface area contributed by atoms with E-state index in [4.69, 9.17) is 20.7 Å². The Bertz CT molecular complexity index is 1300. The third-order valence-corrected chi connectivity index (χ3v) is 6.12. The van der Waals surface area contributed by atoms with Crippen LogP contribution in [0.5, 0.6) is 11.5 Å². The molecular weight excluding hydrogens is 444 g/mol. The van der Waals surface area contributed by atoms with Crippen LogP contribution in [-0.4, -0.2) is 63.5 Å². The fourth-order valence-corrected chi connectivity index (χ4v) is 4.27. The normalized spacial score (nSPS) is 13.7. The predicted octanol–water partition coefficient (Wildman–Crippen LogP) is 2.83. The van der Waals surface area contributed by atoms with E-state index in [2.05, 4.69) is 10.3 Å². The van der Waals surface area contributed by atoms with Gasteiger partial charge < -0.3 is 25.8 Å². The third-order valence-electron chi connectivity index (χ3n) is 6.12. The molecule has 2 aromatic heterocycles. The molecule has 9 nitrogen and oxygen atoms in total. The minimum atomic E-state index is 0.0649. The topological polar surface area (TPSA) is 119 Å². The molecule has 0 unspecified atom stereocenters.